The minimum Gasteiger partial charge on any atom is -0.463 e. The first-order valence-corrected chi connectivity index (χ1v) is 14.7. The number of hydrogen-bond acceptors (Lipinski definition) is 8. The summed E-state index contributed by atoms with van der Waals surface area (Å²) in [6.45, 7) is 5.60. The lowest BCUT2D eigenvalue weighted by Gasteiger charge is -2.24. The third kappa shape index (κ3) is 5.90. The Hall–Kier alpha value is -3.99. The molecule has 0 spiro atoms. The van der Waals surface area contributed by atoms with E-state index in [4.69, 9.17) is 16.3 Å². The number of halogens is 1. The average molecular weight is 606 g/mol. The van der Waals surface area contributed by atoms with Gasteiger partial charge in [0, 0.05) is 16.0 Å². The van der Waals surface area contributed by atoms with E-state index in [1.54, 1.807) is 56.3 Å². The number of carbonyl (C=O) groups excluding carboxylic acids is 1. The van der Waals surface area contributed by atoms with Crippen LogP contribution in [0.25, 0.3) is 6.08 Å². The lowest BCUT2D eigenvalue weighted by molar-refractivity contribution is -0.387. The number of aromatic nitrogens is 1. The average Bonchev–Trinajstić information content (AvgIpc) is 3.24. The van der Waals surface area contributed by atoms with Gasteiger partial charge in [-0.3, -0.25) is 19.5 Å². The van der Waals surface area contributed by atoms with E-state index in [-0.39, 0.29) is 17.9 Å². The van der Waals surface area contributed by atoms with Crippen LogP contribution < -0.4 is 14.9 Å². The predicted molar refractivity (Wildman–Crippen MR) is 160 cm³/mol. The molecule has 3 aromatic carbocycles. The lowest BCUT2D eigenvalue weighted by Crippen LogP contribution is -2.39. The first kappa shape index (κ1) is 28.5. The van der Waals surface area contributed by atoms with Gasteiger partial charge in [-0.15, -0.1) is 0 Å². The fraction of sp³-hybridized carbons (Fsp3) is 0.167. The van der Waals surface area contributed by atoms with Crippen LogP contribution in [0.2, 0.25) is 5.02 Å². The number of thiazole rings is 1. The normalized spacial score (nSPS) is 14.9. The molecule has 0 N–H and O–H groups in total. The highest BCUT2D eigenvalue weighted by atomic mass is 35.5. The molecule has 5 rings (SSSR count). The molecule has 11 heteroatoms. The van der Waals surface area contributed by atoms with Gasteiger partial charge in [-0.1, -0.05) is 70.6 Å². The van der Waals surface area contributed by atoms with E-state index in [1.807, 2.05) is 31.2 Å². The Morgan fingerprint density at radius 2 is 1.85 bits per heavy atom. The molecule has 0 saturated heterocycles. The van der Waals surface area contributed by atoms with Gasteiger partial charge in [-0.2, -0.15) is 0 Å². The summed E-state index contributed by atoms with van der Waals surface area (Å²) in [4.78, 5) is 44.6. The first-order chi connectivity index (χ1) is 19.7. The van der Waals surface area contributed by atoms with Crippen molar-refractivity contribution in [1.82, 2.24) is 4.57 Å². The van der Waals surface area contributed by atoms with E-state index in [1.165, 1.54) is 33.7 Å². The molecule has 0 amide bonds. The molecule has 2 heterocycles. The maximum absolute atomic E-state index is 13.8. The summed E-state index contributed by atoms with van der Waals surface area (Å²) in [6.07, 6.45) is 1.61. The van der Waals surface area contributed by atoms with Crippen molar-refractivity contribution in [2.45, 2.75) is 36.6 Å². The van der Waals surface area contributed by atoms with Crippen LogP contribution in [0.3, 0.4) is 0 Å². The third-order valence-corrected chi connectivity index (χ3v) is 8.74. The van der Waals surface area contributed by atoms with Gasteiger partial charge in [-0.05, 0) is 68.3 Å². The molecule has 0 bridgehead atoms. The zero-order valence-electron chi connectivity index (χ0n) is 22.3. The Morgan fingerprint density at radius 3 is 2.51 bits per heavy atom. The summed E-state index contributed by atoms with van der Waals surface area (Å²) < 4.78 is 7.17. The third-order valence-electron chi connectivity index (χ3n) is 6.43. The van der Waals surface area contributed by atoms with Crippen molar-refractivity contribution in [3.8, 4) is 0 Å². The Bertz CT molecular complexity index is 1880. The van der Waals surface area contributed by atoms with Gasteiger partial charge in [0.25, 0.3) is 11.2 Å². The fourth-order valence-corrected chi connectivity index (χ4v) is 6.56. The molecule has 1 aliphatic rings. The number of aryl methyl sites for hydroxylation is 1. The highest BCUT2D eigenvalue weighted by molar-refractivity contribution is 7.99. The van der Waals surface area contributed by atoms with Gasteiger partial charge < -0.3 is 4.74 Å². The van der Waals surface area contributed by atoms with Gasteiger partial charge in [0.2, 0.25) is 0 Å². The molecule has 0 unspecified atom stereocenters. The van der Waals surface area contributed by atoms with Crippen molar-refractivity contribution in [1.29, 1.82) is 0 Å². The predicted octanol–water partition coefficient (Wildman–Crippen LogP) is 5.82. The Kier molecular flexibility index (Phi) is 8.25. The highest BCUT2D eigenvalue weighted by Gasteiger charge is 2.33. The van der Waals surface area contributed by atoms with Crippen LogP contribution in [0.4, 0.5) is 5.69 Å². The molecule has 0 aliphatic carbocycles. The molecule has 208 valence electrons. The second kappa shape index (κ2) is 11.9. The molecular formula is C30H24ClN3O5S2. The first-order valence-electron chi connectivity index (χ1n) is 12.6. The van der Waals surface area contributed by atoms with E-state index in [0.717, 1.165) is 16.0 Å². The van der Waals surface area contributed by atoms with E-state index < -0.39 is 16.9 Å². The number of rotatable bonds is 7. The van der Waals surface area contributed by atoms with Crippen molar-refractivity contribution in [2.75, 3.05) is 6.61 Å². The highest BCUT2D eigenvalue weighted by Crippen LogP contribution is 2.36. The molecule has 0 saturated carbocycles. The molecule has 1 atom stereocenters. The number of nitro benzene ring substituents is 1. The zero-order chi connectivity index (χ0) is 29.3. The van der Waals surface area contributed by atoms with Crippen molar-refractivity contribution < 1.29 is 14.5 Å². The number of carbonyl (C=O) groups is 1. The Balaban J connectivity index is 1.61. The van der Waals surface area contributed by atoms with Crippen molar-refractivity contribution in [2.24, 2.45) is 4.99 Å². The summed E-state index contributed by atoms with van der Waals surface area (Å²) in [5.74, 6) is -0.530. The van der Waals surface area contributed by atoms with E-state index in [9.17, 15) is 19.7 Å². The number of nitrogens with zero attached hydrogens (tertiary/aromatic N) is 3. The van der Waals surface area contributed by atoms with E-state index >= 15 is 0 Å². The lowest BCUT2D eigenvalue weighted by atomic mass is 9.95. The number of allylic oxidation sites excluding steroid dienone is 1. The molecule has 1 aromatic heterocycles. The molecule has 0 radical (unpaired) electrons. The fourth-order valence-electron chi connectivity index (χ4n) is 4.49. The number of hydrogen-bond donors (Lipinski definition) is 0. The van der Waals surface area contributed by atoms with Gasteiger partial charge in [0.1, 0.15) is 0 Å². The second-order valence-electron chi connectivity index (χ2n) is 9.25. The SMILES string of the molecule is CCOC(=O)C1=C(C)N=c2s/c(=C/c3ccc(Sc4ccc(Cl)cc4)c([N+](=O)[O-])c3)c(=O)n2[C@H]1c1ccc(C)cc1. The smallest absolute Gasteiger partial charge is 0.338 e. The van der Waals surface area contributed by atoms with Crippen LogP contribution in [0.15, 0.2) is 97.6 Å². The quantitative estimate of drug-likeness (QED) is 0.149. The molecule has 8 nitrogen and oxygen atoms in total. The molecule has 0 fully saturated rings. The number of nitro groups is 1. The summed E-state index contributed by atoms with van der Waals surface area (Å²) in [5.41, 5.74) is 2.63. The van der Waals surface area contributed by atoms with Crippen molar-refractivity contribution in [3.63, 3.8) is 0 Å². The van der Waals surface area contributed by atoms with Crippen LogP contribution in [-0.4, -0.2) is 22.1 Å². The summed E-state index contributed by atoms with van der Waals surface area (Å²) in [5, 5.41) is 12.5. The second-order valence-corrected chi connectivity index (χ2v) is 11.8. The number of esters is 1. The monoisotopic (exact) mass is 605 g/mol. The molecule has 41 heavy (non-hydrogen) atoms. The zero-order valence-corrected chi connectivity index (χ0v) is 24.7. The summed E-state index contributed by atoms with van der Waals surface area (Å²) in [7, 11) is 0. The standard InChI is InChI=1S/C30H24ClN3O5S2/c1-4-39-29(36)26-18(3)32-30-33(27(26)20-8-5-17(2)6-9-20)28(35)25(41-30)16-19-7-14-24(23(15-19)34(37)38)40-22-12-10-21(31)11-13-22/h5-16,27H,4H2,1-3H3/b25-16+/t27-/m0/s1. The summed E-state index contributed by atoms with van der Waals surface area (Å²) >= 11 is 8.38. The largest absolute Gasteiger partial charge is 0.463 e. The van der Waals surface area contributed by atoms with Crippen molar-refractivity contribution in [3.05, 3.63) is 130 Å². The molecular weight excluding hydrogens is 582 g/mol. The van der Waals surface area contributed by atoms with Crippen LogP contribution in [0.1, 0.15) is 36.6 Å². The van der Waals surface area contributed by atoms with Crippen LogP contribution in [-0.2, 0) is 9.53 Å². The number of benzene rings is 3. The Labute approximate surface area is 248 Å². The maximum atomic E-state index is 13.8. The minimum absolute atomic E-state index is 0.0792. The topological polar surface area (TPSA) is 104 Å². The molecule has 1 aliphatic heterocycles. The van der Waals surface area contributed by atoms with Gasteiger partial charge >= 0.3 is 5.97 Å². The summed E-state index contributed by atoms with van der Waals surface area (Å²) in [6, 6.07) is 18.8. The maximum Gasteiger partial charge on any atom is 0.338 e. The van der Waals surface area contributed by atoms with Crippen LogP contribution in [0.5, 0.6) is 0 Å². The van der Waals surface area contributed by atoms with Crippen LogP contribution >= 0.6 is 34.7 Å². The minimum atomic E-state index is -0.722. The molecule has 4 aromatic rings. The number of fused-ring (bicyclic) bond motifs is 1. The number of ether oxygens (including phenoxy) is 1. The Morgan fingerprint density at radius 1 is 1.15 bits per heavy atom. The van der Waals surface area contributed by atoms with Crippen LogP contribution in [0, 0.1) is 17.0 Å². The van der Waals surface area contributed by atoms with Gasteiger partial charge in [-0.25, -0.2) is 9.79 Å². The van der Waals surface area contributed by atoms with E-state index in [0.29, 0.717) is 36.1 Å². The van der Waals surface area contributed by atoms with Gasteiger partial charge in [0.05, 0.1) is 38.3 Å². The van der Waals surface area contributed by atoms with Crippen molar-refractivity contribution >= 4 is 52.4 Å². The van der Waals surface area contributed by atoms with E-state index in [2.05, 4.69) is 4.99 Å². The van der Waals surface area contributed by atoms with Gasteiger partial charge in [0.15, 0.2) is 4.80 Å².